The van der Waals surface area contributed by atoms with Crippen LogP contribution in [0.25, 0.3) is 5.65 Å². The molecule has 3 aliphatic rings. The molecule has 0 radical (unpaired) electrons. The maximum absolute atomic E-state index is 12.9. The standard InChI is InChI=1S/C17H23N5O2/c1-20-7-8-22-17(20)12(10-18-22)16(23)19-13-11-4-9-24-15(11)14(13)21-5-2-3-6-21/h7-8,10-11,13-15H,2-6,9H2,1H3,(H,19,23)/t11-,13+,14-,15-/m1/s1. The van der Waals surface area contributed by atoms with Gasteiger partial charge in [-0.15, -0.1) is 0 Å². The van der Waals surface area contributed by atoms with E-state index >= 15 is 0 Å². The second-order valence-electron chi connectivity index (χ2n) is 7.26. The van der Waals surface area contributed by atoms with Crippen LogP contribution in [0.3, 0.4) is 0 Å². The number of fused-ring (bicyclic) bond motifs is 2. The number of nitrogens with zero attached hydrogens (tertiary/aromatic N) is 4. The maximum atomic E-state index is 12.9. The van der Waals surface area contributed by atoms with Crippen LogP contribution >= 0.6 is 0 Å². The predicted octanol–water partition coefficient (Wildman–Crippen LogP) is 0.654. The Hall–Kier alpha value is -1.86. The Morgan fingerprint density at radius 3 is 3.00 bits per heavy atom. The van der Waals surface area contributed by atoms with Crippen molar-refractivity contribution in [2.24, 2.45) is 13.0 Å². The molecule has 0 bridgehead atoms. The van der Waals surface area contributed by atoms with E-state index in [9.17, 15) is 4.79 Å². The number of carbonyl (C=O) groups excluding carboxylic acids is 1. The van der Waals surface area contributed by atoms with Crippen molar-refractivity contribution in [1.29, 1.82) is 0 Å². The number of hydrogen-bond acceptors (Lipinski definition) is 4. The third-order valence-electron chi connectivity index (χ3n) is 5.99. The largest absolute Gasteiger partial charge is 0.376 e. The topological polar surface area (TPSA) is 63.8 Å². The molecule has 0 unspecified atom stereocenters. The van der Waals surface area contributed by atoms with Gasteiger partial charge in [-0.05, 0) is 32.4 Å². The van der Waals surface area contributed by atoms with Crippen molar-refractivity contribution in [3.05, 3.63) is 24.2 Å². The smallest absolute Gasteiger partial charge is 0.256 e. The van der Waals surface area contributed by atoms with Crippen LogP contribution in [-0.2, 0) is 11.8 Å². The number of aromatic nitrogens is 3. The summed E-state index contributed by atoms with van der Waals surface area (Å²) in [5.41, 5.74) is 1.48. The molecule has 4 heterocycles. The highest BCUT2D eigenvalue weighted by Gasteiger charge is 2.56. The first-order chi connectivity index (χ1) is 11.7. The van der Waals surface area contributed by atoms with Crippen LogP contribution < -0.4 is 5.32 Å². The van der Waals surface area contributed by atoms with Gasteiger partial charge in [0, 0.05) is 32.0 Å². The van der Waals surface area contributed by atoms with E-state index in [1.807, 2.05) is 24.0 Å². The van der Waals surface area contributed by atoms with Gasteiger partial charge in [0.15, 0.2) is 0 Å². The van der Waals surface area contributed by atoms with E-state index in [1.54, 1.807) is 10.7 Å². The fourth-order valence-corrected chi connectivity index (χ4v) is 4.78. The van der Waals surface area contributed by atoms with Gasteiger partial charge in [0.2, 0.25) is 0 Å². The molecule has 24 heavy (non-hydrogen) atoms. The molecule has 0 spiro atoms. The van der Waals surface area contributed by atoms with Crippen LogP contribution in [0.1, 0.15) is 29.6 Å². The summed E-state index contributed by atoms with van der Waals surface area (Å²) in [6, 6.07) is 0.529. The molecule has 5 rings (SSSR count). The van der Waals surface area contributed by atoms with Crippen LogP contribution in [0.2, 0.25) is 0 Å². The summed E-state index contributed by atoms with van der Waals surface area (Å²) in [7, 11) is 1.94. The molecule has 1 amide bonds. The first-order valence-corrected chi connectivity index (χ1v) is 8.89. The number of hydrogen-bond donors (Lipinski definition) is 1. The van der Waals surface area contributed by atoms with Crippen LogP contribution in [0.4, 0.5) is 0 Å². The quantitative estimate of drug-likeness (QED) is 0.898. The number of ether oxygens (including phenoxy) is 1. The molecule has 2 aromatic rings. The zero-order valence-corrected chi connectivity index (χ0v) is 13.9. The summed E-state index contributed by atoms with van der Waals surface area (Å²) in [6.07, 6.45) is 9.30. The molecule has 0 aromatic carbocycles. The summed E-state index contributed by atoms with van der Waals surface area (Å²) in [5, 5.41) is 7.57. The number of amides is 1. The Morgan fingerprint density at radius 1 is 1.33 bits per heavy atom. The van der Waals surface area contributed by atoms with E-state index in [4.69, 9.17) is 4.74 Å². The molecule has 2 saturated heterocycles. The average molecular weight is 329 g/mol. The van der Waals surface area contributed by atoms with Crippen LogP contribution in [0, 0.1) is 5.92 Å². The maximum Gasteiger partial charge on any atom is 0.256 e. The summed E-state index contributed by atoms with van der Waals surface area (Å²) in [4.78, 5) is 15.4. The number of nitrogens with one attached hydrogen (secondary N) is 1. The second-order valence-corrected chi connectivity index (χ2v) is 7.26. The minimum absolute atomic E-state index is 0.0219. The number of rotatable bonds is 3. The Morgan fingerprint density at radius 2 is 2.17 bits per heavy atom. The van der Waals surface area contributed by atoms with Gasteiger partial charge in [-0.2, -0.15) is 5.10 Å². The van der Waals surface area contributed by atoms with E-state index in [-0.39, 0.29) is 11.9 Å². The van der Waals surface area contributed by atoms with Gasteiger partial charge in [0.05, 0.1) is 24.4 Å². The lowest BCUT2D eigenvalue weighted by molar-refractivity contribution is -0.0747. The van der Waals surface area contributed by atoms with Crippen molar-refractivity contribution < 1.29 is 9.53 Å². The third kappa shape index (κ3) is 1.97. The highest BCUT2D eigenvalue weighted by atomic mass is 16.5. The molecule has 128 valence electrons. The molecule has 1 N–H and O–H groups in total. The van der Waals surface area contributed by atoms with Crippen LogP contribution in [0.5, 0.6) is 0 Å². The third-order valence-corrected chi connectivity index (χ3v) is 5.99. The zero-order chi connectivity index (χ0) is 16.3. The SMILES string of the molecule is Cn1ccn2ncc(C(=O)N[C@H]3[C@H]4CCO[C@H]4[C@@H]3N3CCCC3)c12. The van der Waals surface area contributed by atoms with Gasteiger partial charge in [-0.1, -0.05) is 0 Å². The van der Waals surface area contributed by atoms with Gasteiger partial charge in [-0.25, -0.2) is 4.52 Å². The van der Waals surface area contributed by atoms with Crippen molar-refractivity contribution in [2.45, 2.75) is 37.5 Å². The van der Waals surface area contributed by atoms with Crippen LogP contribution in [-0.4, -0.2) is 62.9 Å². The summed E-state index contributed by atoms with van der Waals surface area (Å²) < 4.78 is 9.62. The van der Waals surface area contributed by atoms with Gasteiger partial charge in [-0.3, -0.25) is 9.69 Å². The van der Waals surface area contributed by atoms with Gasteiger partial charge in [0.25, 0.3) is 5.91 Å². The highest BCUT2D eigenvalue weighted by Crippen LogP contribution is 2.43. The number of aryl methyl sites for hydroxylation is 1. The van der Waals surface area contributed by atoms with E-state index in [0.29, 0.717) is 23.6 Å². The predicted molar refractivity (Wildman–Crippen MR) is 87.9 cm³/mol. The Kier molecular flexibility index (Phi) is 3.21. The lowest BCUT2D eigenvalue weighted by Gasteiger charge is -2.51. The fourth-order valence-electron chi connectivity index (χ4n) is 4.78. The molecule has 3 fully saturated rings. The van der Waals surface area contributed by atoms with Crippen LogP contribution in [0.15, 0.2) is 18.6 Å². The number of imidazole rings is 1. The summed E-state index contributed by atoms with van der Waals surface area (Å²) >= 11 is 0. The van der Waals surface area contributed by atoms with E-state index in [1.165, 1.54) is 12.8 Å². The molecular weight excluding hydrogens is 306 g/mol. The van der Waals surface area contributed by atoms with Crippen molar-refractivity contribution in [3.8, 4) is 0 Å². The molecular formula is C17H23N5O2. The highest BCUT2D eigenvalue weighted by molar-refractivity contribution is 6.00. The summed E-state index contributed by atoms with van der Waals surface area (Å²) in [5.74, 6) is 0.436. The fraction of sp³-hybridized carbons (Fsp3) is 0.647. The van der Waals surface area contributed by atoms with Crippen molar-refractivity contribution >= 4 is 11.6 Å². The monoisotopic (exact) mass is 329 g/mol. The zero-order valence-electron chi connectivity index (χ0n) is 13.9. The molecule has 4 atom stereocenters. The van der Waals surface area contributed by atoms with Gasteiger partial charge >= 0.3 is 0 Å². The summed E-state index contributed by atoms with van der Waals surface area (Å²) in [6.45, 7) is 3.07. The molecule has 7 nitrogen and oxygen atoms in total. The minimum atomic E-state index is -0.0219. The Labute approximate surface area is 140 Å². The van der Waals surface area contributed by atoms with Crippen molar-refractivity contribution in [1.82, 2.24) is 24.4 Å². The molecule has 1 saturated carbocycles. The molecule has 2 aliphatic heterocycles. The first-order valence-electron chi connectivity index (χ1n) is 8.89. The van der Waals surface area contributed by atoms with Gasteiger partial charge in [0.1, 0.15) is 11.2 Å². The molecule has 1 aliphatic carbocycles. The minimum Gasteiger partial charge on any atom is -0.376 e. The first kappa shape index (κ1) is 14.5. The Bertz CT molecular complexity index is 770. The second kappa shape index (κ2) is 5.32. The lowest BCUT2D eigenvalue weighted by atomic mass is 9.70. The molecule has 2 aromatic heterocycles. The number of likely N-dealkylation sites (tertiary alicyclic amines) is 1. The number of carbonyl (C=O) groups is 1. The van der Waals surface area contributed by atoms with Gasteiger partial charge < -0.3 is 14.6 Å². The lowest BCUT2D eigenvalue weighted by Crippen LogP contribution is -2.70. The van der Waals surface area contributed by atoms with Crippen molar-refractivity contribution in [3.63, 3.8) is 0 Å². The van der Waals surface area contributed by atoms with E-state index < -0.39 is 0 Å². The normalized spacial score (nSPS) is 32.9. The van der Waals surface area contributed by atoms with E-state index in [0.717, 1.165) is 31.8 Å². The average Bonchev–Trinajstić information content (AvgIpc) is 3.32. The van der Waals surface area contributed by atoms with E-state index in [2.05, 4.69) is 15.3 Å². The Balaban J connectivity index is 1.39. The molecule has 7 heteroatoms. The van der Waals surface area contributed by atoms with Crippen molar-refractivity contribution in [2.75, 3.05) is 19.7 Å².